The number of imidazole rings is 1. The number of amides is 1. The molecule has 1 heterocycles. The molecule has 2 N–H and O–H groups in total. The largest absolute Gasteiger partial charge is 0.480 e. The number of nitrogens with zero attached hydrogens (tertiary/aromatic N) is 2. The third kappa shape index (κ3) is 4.79. The van der Waals surface area contributed by atoms with E-state index in [0.29, 0.717) is 11.0 Å². The molecule has 1 aromatic heterocycles. The van der Waals surface area contributed by atoms with E-state index in [-0.39, 0.29) is 24.0 Å². The molecule has 1 atom stereocenters. The number of aromatic nitrogens is 2. The van der Waals surface area contributed by atoms with Gasteiger partial charge in [-0.2, -0.15) is 0 Å². The molecule has 0 aliphatic carbocycles. The van der Waals surface area contributed by atoms with Gasteiger partial charge in [-0.1, -0.05) is 26.0 Å². The van der Waals surface area contributed by atoms with Crippen LogP contribution in [-0.2, 0) is 31.7 Å². The summed E-state index contributed by atoms with van der Waals surface area (Å²) in [6.07, 6.45) is 1.09. The van der Waals surface area contributed by atoms with Gasteiger partial charge in [0.25, 0.3) is 0 Å². The van der Waals surface area contributed by atoms with Crippen molar-refractivity contribution in [2.24, 2.45) is 5.92 Å². The molecule has 25 heavy (non-hydrogen) atoms. The number of fused-ring (bicyclic) bond motifs is 1. The number of hydrogen-bond acceptors (Lipinski definition) is 5. The summed E-state index contributed by atoms with van der Waals surface area (Å²) in [6, 6.07) is 5.98. The molecule has 0 saturated heterocycles. The van der Waals surface area contributed by atoms with E-state index in [2.05, 4.69) is 10.3 Å². The third-order valence-corrected chi connectivity index (χ3v) is 4.46. The van der Waals surface area contributed by atoms with Gasteiger partial charge in [-0.25, -0.2) is 18.2 Å². The topological polar surface area (TPSA) is 118 Å². The molecule has 0 spiro atoms. The summed E-state index contributed by atoms with van der Waals surface area (Å²) in [7, 11) is -3.34. The molecular weight excluding hydrogens is 346 g/mol. The highest BCUT2D eigenvalue weighted by Crippen LogP contribution is 2.17. The number of carbonyl (C=O) groups is 2. The number of benzene rings is 1. The third-order valence-electron chi connectivity index (χ3n) is 3.68. The Morgan fingerprint density at radius 1 is 1.28 bits per heavy atom. The summed E-state index contributed by atoms with van der Waals surface area (Å²) >= 11 is 0. The zero-order valence-corrected chi connectivity index (χ0v) is 15.1. The van der Waals surface area contributed by atoms with Gasteiger partial charge in [-0.3, -0.25) is 4.79 Å². The van der Waals surface area contributed by atoms with Crippen molar-refractivity contribution in [1.29, 1.82) is 0 Å². The maximum atomic E-state index is 12.3. The molecule has 0 unspecified atom stereocenters. The van der Waals surface area contributed by atoms with E-state index in [4.69, 9.17) is 0 Å². The molecule has 0 radical (unpaired) electrons. The zero-order chi connectivity index (χ0) is 18.8. The van der Waals surface area contributed by atoms with Crippen molar-refractivity contribution in [2.75, 3.05) is 6.26 Å². The average molecular weight is 367 g/mol. The summed E-state index contributed by atoms with van der Waals surface area (Å²) in [5.74, 6) is -1.97. The molecule has 0 saturated carbocycles. The van der Waals surface area contributed by atoms with E-state index < -0.39 is 27.8 Å². The van der Waals surface area contributed by atoms with Gasteiger partial charge in [0.15, 0.2) is 9.84 Å². The van der Waals surface area contributed by atoms with Gasteiger partial charge < -0.3 is 15.0 Å². The second-order valence-corrected chi connectivity index (χ2v) is 8.44. The lowest BCUT2D eigenvalue weighted by molar-refractivity contribution is -0.143. The van der Waals surface area contributed by atoms with Crippen LogP contribution in [0.25, 0.3) is 11.0 Å². The van der Waals surface area contributed by atoms with Gasteiger partial charge >= 0.3 is 5.97 Å². The summed E-state index contributed by atoms with van der Waals surface area (Å²) in [6.45, 7) is 3.18. The Bertz CT molecular complexity index is 902. The van der Waals surface area contributed by atoms with Crippen LogP contribution in [0.1, 0.15) is 19.7 Å². The van der Waals surface area contributed by atoms with Crippen LogP contribution in [0.15, 0.2) is 24.3 Å². The number of carboxylic acids is 1. The highest BCUT2D eigenvalue weighted by Gasteiger charge is 2.24. The first-order chi connectivity index (χ1) is 11.6. The van der Waals surface area contributed by atoms with Gasteiger partial charge in [0.05, 0.1) is 11.0 Å². The van der Waals surface area contributed by atoms with Crippen molar-refractivity contribution in [3.05, 3.63) is 30.1 Å². The standard InChI is InChI=1S/C16H21N3O5S/c1-10(2)15(16(21)22)18-14(20)8-19-12-7-5-4-6-11(12)17-13(19)9-25(3,23)24/h4-7,10,15H,8-9H2,1-3H3,(H,18,20)(H,21,22)/t15-/m1/s1. The van der Waals surface area contributed by atoms with Crippen LogP contribution in [0, 0.1) is 5.92 Å². The first-order valence-electron chi connectivity index (χ1n) is 7.72. The van der Waals surface area contributed by atoms with Gasteiger partial charge in [-0.15, -0.1) is 0 Å². The van der Waals surface area contributed by atoms with Crippen molar-refractivity contribution >= 4 is 32.7 Å². The Hall–Kier alpha value is -2.42. The molecule has 1 aromatic carbocycles. The molecule has 0 fully saturated rings. The van der Waals surface area contributed by atoms with E-state index in [1.54, 1.807) is 38.1 Å². The molecule has 1 amide bonds. The molecule has 0 aliphatic rings. The van der Waals surface area contributed by atoms with E-state index in [0.717, 1.165) is 6.26 Å². The fourth-order valence-corrected chi connectivity index (χ4v) is 3.21. The van der Waals surface area contributed by atoms with E-state index in [1.807, 2.05) is 0 Å². The second kappa shape index (κ2) is 7.22. The average Bonchev–Trinajstić information content (AvgIpc) is 2.80. The number of aliphatic carboxylic acids is 1. The minimum Gasteiger partial charge on any atom is -0.480 e. The number of carboxylic acid groups (broad SMARTS) is 1. The minimum atomic E-state index is -3.34. The Morgan fingerprint density at radius 3 is 2.48 bits per heavy atom. The molecule has 9 heteroatoms. The minimum absolute atomic E-state index is 0.206. The van der Waals surface area contributed by atoms with Crippen LogP contribution < -0.4 is 5.32 Å². The number of rotatable bonds is 7. The van der Waals surface area contributed by atoms with Crippen LogP contribution in [0.2, 0.25) is 0 Å². The van der Waals surface area contributed by atoms with Crippen molar-refractivity contribution in [2.45, 2.75) is 32.2 Å². The summed E-state index contributed by atoms with van der Waals surface area (Å²) in [4.78, 5) is 27.8. The Kier molecular flexibility index (Phi) is 5.46. The molecular formula is C16H21N3O5S. The molecule has 136 valence electrons. The molecule has 2 aromatic rings. The predicted molar refractivity (Wildman–Crippen MR) is 92.7 cm³/mol. The second-order valence-electron chi connectivity index (χ2n) is 6.30. The smallest absolute Gasteiger partial charge is 0.326 e. The fraction of sp³-hybridized carbons (Fsp3) is 0.438. The lowest BCUT2D eigenvalue weighted by Gasteiger charge is -2.18. The zero-order valence-electron chi connectivity index (χ0n) is 14.3. The molecule has 0 bridgehead atoms. The maximum absolute atomic E-state index is 12.3. The van der Waals surface area contributed by atoms with Crippen LogP contribution >= 0.6 is 0 Å². The van der Waals surface area contributed by atoms with E-state index >= 15 is 0 Å². The number of hydrogen-bond donors (Lipinski definition) is 2. The van der Waals surface area contributed by atoms with Crippen molar-refractivity contribution < 1.29 is 23.1 Å². The summed E-state index contributed by atoms with van der Waals surface area (Å²) < 4.78 is 24.8. The monoisotopic (exact) mass is 367 g/mol. The first-order valence-corrected chi connectivity index (χ1v) is 9.78. The van der Waals surface area contributed by atoms with Crippen LogP contribution in [0.4, 0.5) is 0 Å². The van der Waals surface area contributed by atoms with Gasteiger partial charge in [0.2, 0.25) is 5.91 Å². The highest BCUT2D eigenvalue weighted by atomic mass is 32.2. The molecule has 8 nitrogen and oxygen atoms in total. The predicted octanol–water partition coefficient (Wildman–Crippen LogP) is 0.806. The van der Waals surface area contributed by atoms with Crippen LogP contribution in [-0.4, -0.2) is 47.2 Å². The lowest BCUT2D eigenvalue weighted by Crippen LogP contribution is -2.45. The molecule has 0 aliphatic heterocycles. The Balaban J connectivity index is 2.34. The van der Waals surface area contributed by atoms with Crippen molar-refractivity contribution in [1.82, 2.24) is 14.9 Å². The summed E-state index contributed by atoms with van der Waals surface area (Å²) in [5, 5.41) is 11.7. The normalized spacial score (nSPS) is 13.1. The highest BCUT2D eigenvalue weighted by molar-refractivity contribution is 7.89. The number of nitrogens with one attached hydrogen (secondary N) is 1. The van der Waals surface area contributed by atoms with E-state index in [1.165, 1.54) is 4.57 Å². The van der Waals surface area contributed by atoms with Crippen molar-refractivity contribution in [3.8, 4) is 0 Å². The number of carbonyl (C=O) groups excluding carboxylic acids is 1. The Morgan fingerprint density at radius 2 is 1.92 bits per heavy atom. The SMILES string of the molecule is CC(C)[C@@H](NC(=O)Cn1c(CS(C)(=O)=O)nc2ccccc21)C(=O)O. The summed E-state index contributed by atoms with van der Waals surface area (Å²) in [5.41, 5.74) is 1.19. The van der Waals surface area contributed by atoms with Crippen molar-refractivity contribution in [3.63, 3.8) is 0 Å². The first kappa shape index (κ1) is 18.9. The van der Waals surface area contributed by atoms with E-state index in [9.17, 15) is 23.1 Å². The van der Waals surface area contributed by atoms with Gasteiger partial charge in [0, 0.05) is 6.26 Å². The van der Waals surface area contributed by atoms with Gasteiger partial charge in [-0.05, 0) is 18.1 Å². The maximum Gasteiger partial charge on any atom is 0.326 e. The van der Waals surface area contributed by atoms with Crippen LogP contribution in [0.3, 0.4) is 0 Å². The quantitative estimate of drug-likeness (QED) is 0.747. The fourth-order valence-electron chi connectivity index (χ4n) is 2.52. The Labute approximate surface area is 145 Å². The molecule has 2 rings (SSSR count). The van der Waals surface area contributed by atoms with Crippen LogP contribution in [0.5, 0.6) is 0 Å². The lowest BCUT2D eigenvalue weighted by atomic mass is 10.1. The number of sulfone groups is 1. The van der Waals surface area contributed by atoms with Gasteiger partial charge in [0.1, 0.15) is 24.2 Å². The number of para-hydroxylation sites is 2.